The molecule has 2 fully saturated rings. The van der Waals surface area contributed by atoms with Crippen molar-refractivity contribution in [2.75, 3.05) is 26.8 Å². The first-order valence-electron chi connectivity index (χ1n) is 15.0. The topological polar surface area (TPSA) is 130 Å². The Morgan fingerprint density at radius 3 is 2.33 bits per heavy atom. The Morgan fingerprint density at radius 1 is 0.952 bits per heavy atom. The molecule has 2 heterocycles. The molecule has 0 saturated carbocycles. The van der Waals surface area contributed by atoms with Crippen molar-refractivity contribution in [1.82, 2.24) is 15.7 Å². The van der Waals surface area contributed by atoms with Gasteiger partial charge in [0.05, 0.1) is 25.4 Å². The van der Waals surface area contributed by atoms with Crippen molar-refractivity contribution in [2.24, 2.45) is 0 Å². The predicted octanol–water partition coefficient (Wildman–Crippen LogP) is 3.91. The van der Waals surface area contributed by atoms with Gasteiger partial charge in [-0.25, -0.2) is 5.48 Å². The molecular weight excluding hydrogens is 538 g/mol. The van der Waals surface area contributed by atoms with Gasteiger partial charge < -0.3 is 24.6 Å². The van der Waals surface area contributed by atoms with Gasteiger partial charge in [-0.05, 0) is 48.9 Å². The first-order chi connectivity index (χ1) is 20.5. The second kappa shape index (κ2) is 16.7. The number of carbonyl (C=O) groups is 2. The van der Waals surface area contributed by atoms with Gasteiger partial charge in [0.15, 0.2) is 6.29 Å². The van der Waals surface area contributed by atoms with Crippen molar-refractivity contribution in [3.05, 3.63) is 70.8 Å². The Kier molecular flexibility index (Phi) is 12.7. The third-order valence-electron chi connectivity index (χ3n) is 8.09. The van der Waals surface area contributed by atoms with Crippen LogP contribution in [0.5, 0.6) is 0 Å². The maximum absolute atomic E-state index is 12.2. The number of carbonyl (C=O) groups excluding carboxylic acids is 2. The van der Waals surface area contributed by atoms with E-state index < -0.39 is 12.2 Å². The van der Waals surface area contributed by atoms with Crippen LogP contribution in [0.4, 0.5) is 0 Å². The highest BCUT2D eigenvalue weighted by Crippen LogP contribution is 2.38. The zero-order valence-corrected chi connectivity index (χ0v) is 24.5. The van der Waals surface area contributed by atoms with Crippen LogP contribution >= 0.6 is 0 Å². The number of aliphatic hydroxyl groups excluding tert-OH is 1. The smallest absolute Gasteiger partial charge is 0.243 e. The van der Waals surface area contributed by atoms with E-state index in [0.717, 1.165) is 67.6 Å². The van der Waals surface area contributed by atoms with Gasteiger partial charge in [0.25, 0.3) is 0 Å². The zero-order valence-electron chi connectivity index (χ0n) is 24.5. The number of nitrogens with zero attached hydrogens (tertiary/aromatic N) is 1. The maximum atomic E-state index is 12.2. The quantitative estimate of drug-likeness (QED) is 0.141. The number of unbranched alkanes of at least 4 members (excludes halogenated alkanes) is 2. The molecule has 2 aliphatic rings. The Balaban J connectivity index is 1.34. The average Bonchev–Trinajstić information content (AvgIpc) is 3.46. The van der Waals surface area contributed by atoms with E-state index in [2.05, 4.69) is 10.2 Å². The number of methoxy groups -OCH3 is 1. The molecule has 0 radical (unpaired) electrons. The minimum absolute atomic E-state index is 0.00826. The van der Waals surface area contributed by atoms with Crippen LogP contribution in [0.15, 0.2) is 48.5 Å². The summed E-state index contributed by atoms with van der Waals surface area (Å²) in [7, 11) is 1.75. The molecule has 2 aliphatic heterocycles. The Bertz CT molecular complexity index is 1110. The lowest BCUT2D eigenvalue weighted by molar-refractivity contribution is -0.253. The van der Waals surface area contributed by atoms with Crippen LogP contribution in [0.1, 0.15) is 86.0 Å². The molecule has 10 heteroatoms. The summed E-state index contributed by atoms with van der Waals surface area (Å²) in [6.45, 7) is 3.01. The second-order valence-corrected chi connectivity index (χ2v) is 11.2. The van der Waals surface area contributed by atoms with Crippen LogP contribution in [-0.2, 0) is 37.0 Å². The van der Waals surface area contributed by atoms with Gasteiger partial charge in [0.1, 0.15) is 0 Å². The number of rotatable bonds is 15. The number of hydrogen-bond donors (Lipinski definition) is 4. The molecule has 2 amide bonds. The van der Waals surface area contributed by atoms with E-state index in [0.29, 0.717) is 31.8 Å². The number of aliphatic hydroxyl groups is 1. The molecule has 4 N–H and O–H groups in total. The number of ether oxygens (including phenoxy) is 3. The molecule has 2 saturated heterocycles. The molecule has 0 spiro atoms. The van der Waals surface area contributed by atoms with Gasteiger partial charge in [-0.3, -0.25) is 19.7 Å². The monoisotopic (exact) mass is 583 g/mol. The van der Waals surface area contributed by atoms with Crippen molar-refractivity contribution < 1.29 is 34.1 Å². The number of benzene rings is 2. The first kappa shape index (κ1) is 32.1. The van der Waals surface area contributed by atoms with E-state index in [1.807, 2.05) is 48.5 Å². The lowest BCUT2D eigenvalue weighted by Crippen LogP contribution is -2.42. The number of hydroxylamine groups is 1. The summed E-state index contributed by atoms with van der Waals surface area (Å²) >= 11 is 0. The summed E-state index contributed by atoms with van der Waals surface area (Å²) in [5.41, 5.74) is 5.46. The highest BCUT2D eigenvalue weighted by atomic mass is 16.7. The minimum Gasteiger partial charge on any atom is -0.392 e. The Hall–Kier alpha value is -2.86. The van der Waals surface area contributed by atoms with Gasteiger partial charge in [-0.2, -0.15) is 0 Å². The van der Waals surface area contributed by atoms with Crippen molar-refractivity contribution in [3.8, 4) is 0 Å². The van der Waals surface area contributed by atoms with Crippen LogP contribution in [-0.4, -0.2) is 66.0 Å². The average molecular weight is 584 g/mol. The summed E-state index contributed by atoms with van der Waals surface area (Å²) in [4.78, 5) is 25.8. The largest absolute Gasteiger partial charge is 0.392 e. The van der Waals surface area contributed by atoms with Crippen LogP contribution in [0, 0.1) is 0 Å². The normalized spacial score (nSPS) is 22.6. The molecule has 0 unspecified atom stereocenters. The van der Waals surface area contributed by atoms with Gasteiger partial charge in [0, 0.05) is 51.1 Å². The molecule has 0 aliphatic carbocycles. The third kappa shape index (κ3) is 9.58. The molecule has 2 aromatic carbocycles. The summed E-state index contributed by atoms with van der Waals surface area (Å²) < 4.78 is 18.5. The molecule has 10 nitrogen and oxygen atoms in total. The lowest BCUT2D eigenvalue weighted by atomic mass is 9.99. The molecule has 0 aromatic heterocycles. The van der Waals surface area contributed by atoms with E-state index in [-0.39, 0.29) is 31.1 Å². The number of likely N-dealkylation sites (tertiary alicyclic amines) is 1. The minimum atomic E-state index is -0.522. The van der Waals surface area contributed by atoms with Crippen molar-refractivity contribution in [1.29, 1.82) is 0 Å². The Morgan fingerprint density at radius 2 is 1.64 bits per heavy atom. The summed E-state index contributed by atoms with van der Waals surface area (Å²) in [5, 5.41) is 20.9. The Labute approximate surface area is 248 Å². The zero-order chi connectivity index (χ0) is 29.7. The van der Waals surface area contributed by atoms with E-state index >= 15 is 0 Å². The number of nitrogens with one attached hydrogen (secondary N) is 2. The van der Waals surface area contributed by atoms with E-state index in [1.54, 1.807) is 12.6 Å². The van der Waals surface area contributed by atoms with Crippen molar-refractivity contribution in [3.63, 3.8) is 0 Å². The standard InChI is InChI=1S/C32H45N3O7/c1-40-22-27-6-5-17-35(27)20-28-18-29(25-13-11-24(21-36)12-14-25)42-32(41-28)26-15-9-23(10-16-26)19-33-30(37)7-3-2-4-8-31(38)34-39/h9-16,27-29,32,36,39H,2-8,17-22H2,1H3,(H,33,37)(H,34,38)/t27-,28-,29+,32+/m0/s1. The fraction of sp³-hybridized carbons (Fsp3) is 0.562. The lowest BCUT2D eigenvalue weighted by Gasteiger charge is -2.38. The molecule has 4 atom stereocenters. The first-order valence-corrected chi connectivity index (χ1v) is 15.0. The highest BCUT2D eigenvalue weighted by Gasteiger charge is 2.35. The van der Waals surface area contributed by atoms with Gasteiger partial charge in [0.2, 0.25) is 11.8 Å². The van der Waals surface area contributed by atoms with Gasteiger partial charge in [-0.15, -0.1) is 0 Å². The molecular formula is C32H45N3O7. The molecule has 2 aromatic rings. The maximum Gasteiger partial charge on any atom is 0.243 e. The number of amides is 2. The van der Waals surface area contributed by atoms with E-state index in [4.69, 9.17) is 19.4 Å². The number of hydrogen-bond acceptors (Lipinski definition) is 8. The van der Waals surface area contributed by atoms with Crippen LogP contribution in [0.3, 0.4) is 0 Å². The second-order valence-electron chi connectivity index (χ2n) is 11.2. The summed E-state index contributed by atoms with van der Waals surface area (Å²) in [6, 6.07) is 16.3. The van der Waals surface area contributed by atoms with Crippen LogP contribution < -0.4 is 10.8 Å². The van der Waals surface area contributed by atoms with Crippen LogP contribution in [0.25, 0.3) is 0 Å². The summed E-state index contributed by atoms with van der Waals surface area (Å²) in [6.07, 6.45) is 5.08. The molecule has 230 valence electrons. The third-order valence-corrected chi connectivity index (χ3v) is 8.09. The molecule has 0 bridgehead atoms. The predicted molar refractivity (Wildman–Crippen MR) is 156 cm³/mol. The van der Waals surface area contributed by atoms with Crippen LogP contribution in [0.2, 0.25) is 0 Å². The molecule has 42 heavy (non-hydrogen) atoms. The SMILES string of the molecule is COC[C@@H]1CCCN1C[C@@H]1C[C@H](c2ccc(CO)cc2)O[C@H](c2ccc(CNC(=O)CCCCCC(=O)NO)cc2)O1. The fourth-order valence-corrected chi connectivity index (χ4v) is 5.70. The molecule has 4 rings (SSSR count). The van der Waals surface area contributed by atoms with Crippen molar-refractivity contribution in [2.45, 2.75) is 89.1 Å². The van der Waals surface area contributed by atoms with Crippen molar-refractivity contribution >= 4 is 11.8 Å². The van der Waals surface area contributed by atoms with Gasteiger partial charge in [-0.1, -0.05) is 55.0 Å². The summed E-state index contributed by atoms with van der Waals surface area (Å²) in [5.74, 6) is -0.437. The fourth-order valence-electron chi connectivity index (χ4n) is 5.70. The van der Waals surface area contributed by atoms with E-state index in [9.17, 15) is 14.7 Å². The van der Waals surface area contributed by atoms with E-state index in [1.165, 1.54) is 0 Å². The van der Waals surface area contributed by atoms with Gasteiger partial charge >= 0.3 is 0 Å². The highest BCUT2D eigenvalue weighted by molar-refractivity contribution is 5.76.